The monoisotopic (exact) mass is 791 g/mol. The van der Waals surface area contributed by atoms with Gasteiger partial charge in [0.2, 0.25) is 0 Å². The maximum Gasteiger partial charge on any atom is 0.254 e. The van der Waals surface area contributed by atoms with Gasteiger partial charge >= 0.3 is 0 Å². The first-order valence-corrected chi connectivity index (χ1v) is 21.4. The van der Waals surface area contributed by atoms with E-state index in [0.717, 1.165) is 64.8 Å². The van der Waals surface area contributed by atoms with Crippen LogP contribution in [0, 0.1) is 0 Å². The molecule has 53 heavy (non-hydrogen) atoms. The molecule has 290 valence electrons. The number of benzene rings is 2. The fourth-order valence-corrected chi connectivity index (χ4v) is 7.99. The van der Waals surface area contributed by atoms with Gasteiger partial charge in [0.25, 0.3) is 5.91 Å². The van der Waals surface area contributed by atoms with E-state index < -0.39 is 46.8 Å². The molecular weight excluding hydrogens is 742 g/mol. The second kappa shape index (κ2) is 18.7. The third-order valence-electron chi connectivity index (χ3n) is 9.57. The van der Waals surface area contributed by atoms with Crippen molar-refractivity contribution in [3.8, 4) is 16.9 Å². The highest BCUT2D eigenvalue weighted by atomic mass is 35.5. The van der Waals surface area contributed by atoms with Gasteiger partial charge in [0.05, 0.1) is 18.5 Å². The van der Waals surface area contributed by atoms with Crippen LogP contribution in [0.15, 0.2) is 65.8 Å². The summed E-state index contributed by atoms with van der Waals surface area (Å²) in [6, 6.07) is 16.1. The Morgan fingerprint density at radius 3 is 2.47 bits per heavy atom. The summed E-state index contributed by atoms with van der Waals surface area (Å²) >= 11 is 8.31. The lowest BCUT2D eigenvalue weighted by Crippen LogP contribution is -2.53. The number of ether oxygens (including phenoxy) is 1. The van der Waals surface area contributed by atoms with Gasteiger partial charge in [0.1, 0.15) is 33.9 Å². The van der Waals surface area contributed by atoms with Gasteiger partial charge < -0.3 is 40.5 Å². The smallest absolute Gasteiger partial charge is 0.254 e. The van der Waals surface area contributed by atoms with E-state index in [-0.39, 0.29) is 36.9 Å². The van der Waals surface area contributed by atoms with Gasteiger partial charge in [-0.3, -0.25) is 9.78 Å². The van der Waals surface area contributed by atoms with Crippen LogP contribution in [0.5, 0.6) is 5.75 Å². The third kappa shape index (κ3) is 11.6. The van der Waals surface area contributed by atoms with Gasteiger partial charge in [-0.05, 0) is 97.7 Å². The number of amides is 1. The number of thioether (sulfide) groups is 1. The second-order valence-electron chi connectivity index (χ2n) is 14.0. The van der Waals surface area contributed by atoms with Crippen molar-refractivity contribution in [2.75, 3.05) is 37.5 Å². The normalized spacial score (nSPS) is 17.5. The molecule has 0 aliphatic heterocycles. The number of sulfone groups is 1. The Labute approximate surface area is 320 Å². The topological polar surface area (TPSA) is 190 Å². The Morgan fingerprint density at radius 1 is 1.04 bits per heavy atom. The van der Waals surface area contributed by atoms with Gasteiger partial charge in [-0.25, -0.2) is 8.42 Å². The second-order valence-corrected chi connectivity index (χ2v) is 17.8. The molecule has 2 aliphatic rings. The van der Waals surface area contributed by atoms with E-state index in [1.165, 1.54) is 4.90 Å². The molecule has 1 amide bonds. The number of aliphatic hydroxyl groups is 5. The van der Waals surface area contributed by atoms with Crippen LogP contribution < -0.4 is 10.1 Å². The van der Waals surface area contributed by atoms with Crippen LogP contribution in [0.25, 0.3) is 11.1 Å². The lowest BCUT2D eigenvalue weighted by atomic mass is 9.94. The predicted molar refractivity (Wildman–Crippen MR) is 205 cm³/mol. The first-order valence-electron chi connectivity index (χ1n) is 18.0. The molecule has 5 rings (SSSR count). The number of hydrogen-bond donors (Lipinski definition) is 6. The minimum absolute atomic E-state index is 0.0117. The van der Waals surface area contributed by atoms with Crippen molar-refractivity contribution in [2.45, 2.75) is 92.4 Å². The molecule has 4 atom stereocenters. The molecule has 3 aromatic rings. The van der Waals surface area contributed by atoms with Crippen LogP contribution in [0.3, 0.4) is 0 Å². The quantitative estimate of drug-likeness (QED) is 0.0645. The van der Waals surface area contributed by atoms with E-state index in [2.05, 4.69) is 28.5 Å². The zero-order valence-electron chi connectivity index (χ0n) is 29.8. The van der Waals surface area contributed by atoms with Gasteiger partial charge in [0.15, 0.2) is 6.10 Å². The summed E-state index contributed by atoms with van der Waals surface area (Å²) in [5.41, 5.74) is 4.05. The molecule has 1 heterocycles. The predicted octanol–water partition coefficient (Wildman–Crippen LogP) is 3.29. The molecule has 2 saturated carbocycles. The summed E-state index contributed by atoms with van der Waals surface area (Å²) in [6.07, 6.45) is 2.75. The molecule has 0 unspecified atom stereocenters. The van der Waals surface area contributed by atoms with Crippen molar-refractivity contribution in [1.82, 2.24) is 15.2 Å². The number of hydrogen-bond acceptors (Lipinski definition) is 12. The number of nitrogens with one attached hydrogen (secondary N) is 1. The number of halogens is 1. The van der Waals surface area contributed by atoms with Gasteiger partial charge in [0, 0.05) is 59.3 Å². The number of aromatic nitrogens is 1. The van der Waals surface area contributed by atoms with Crippen LogP contribution >= 0.6 is 23.4 Å². The van der Waals surface area contributed by atoms with Crippen LogP contribution in [0.4, 0.5) is 0 Å². The molecule has 0 saturated heterocycles. The Morgan fingerprint density at radius 2 is 1.77 bits per heavy atom. The van der Waals surface area contributed by atoms with Crippen LogP contribution in [0.2, 0.25) is 5.02 Å². The first kappa shape index (κ1) is 41.4. The summed E-state index contributed by atoms with van der Waals surface area (Å²) in [6.45, 7) is -0.126. The number of carbonyl (C=O) groups excluding carboxylic acids is 1. The van der Waals surface area contributed by atoms with E-state index in [0.29, 0.717) is 30.2 Å². The van der Waals surface area contributed by atoms with Crippen LogP contribution in [-0.4, -0.2) is 118 Å². The number of para-hydroxylation sites is 1. The van der Waals surface area contributed by atoms with Crippen molar-refractivity contribution in [1.29, 1.82) is 0 Å². The van der Waals surface area contributed by atoms with E-state index in [1.54, 1.807) is 11.8 Å². The number of pyridine rings is 1. The maximum atomic E-state index is 13.1. The average molecular weight is 792 g/mol. The fourth-order valence-electron chi connectivity index (χ4n) is 6.18. The molecular formula is C38H50ClN3O9S2. The summed E-state index contributed by atoms with van der Waals surface area (Å²) in [7, 11) is -3.29. The van der Waals surface area contributed by atoms with Gasteiger partial charge in [-0.2, -0.15) is 0 Å². The first-order chi connectivity index (χ1) is 25.3. The van der Waals surface area contributed by atoms with Crippen molar-refractivity contribution in [3.63, 3.8) is 0 Å². The minimum Gasteiger partial charge on any atom is -0.490 e. The summed E-state index contributed by atoms with van der Waals surface area (Å²) in [5, 5.41) is 53.8. The summed E-state index contributed by atoms with van der Waals surface area (Å²) in [4.78, 5) is 19.8. The van der Waals surface area contributed by atoms with Crippen LogP contribution in [-0.2, 0) is 26.7 Å². The van der Waals surface area contributed by atoms with Crippen molar-refractivity contribution >= 4 is 39.1 Å². The number of carbonyl (C=O) groups is 1. The van der Waals surface area contributed by atoms with Crippen LogP contribution in [0.1, 0.15) is 56.1 Å². The SMILES string of the molecule is CS(=O)(=O)CCCN(CCCCSc1ccc(Cl)c(CNC2(c3cnccc3-c3ccccc3OC3CC3)CC2)c1)C(=O)[C@@H](O)[C@@H](O)[C@H](O)[C@@H](O)CO. The minimum atomic E-state index is -3.29. The standard InChI is InChI=1S/C38H50ClN3O9S2/c1-53(49,50)20-6-18-42(37(48)36(47)35(46)34(45)32(44)24-43)17-4-5-19-52-27-11-12-31(39)25(21-27)22-41-38(14-15-38)30-23-40-16-13-28(30)29-7-2-3-8-33(29)51-26-9-10-26/h2-3,7-8,11-13,16,21,23,26,32,34-36,41,43-47H,4-6,9-10,14-15,17-20,22,24H2,1H3/t32-,34+,35-,36-/m0/s1. The number of aliphatic hydroxyl groups excluding tert-OH is 5. The fraction of sp³-hybridized carbons (Fsp3) is 0.526. The molecule has 6 N–H and O–H groups in total. The Hall–Kier alpha value is -2.79. The lowest BCUT2D eigenvalue weighted by molar-refractivity contribution is -0.158. The highest BCUT2D eigenvalue weighted by Gasteiger charge is 2.46. The summed E-state index contributed by atoms with van der Waals surface area (Å²) < 4.78 is 29.6. The molecule has 0 spiro atoms. The molecule has 12 nitrogen and oxygen atoms in total. The number of rotatable bonds is 22. The lowest BCUT2D eigenvalue weighted by Gasteiger charge is -2.30. The molecule has 0 radical (unpaired) electrons. The van der Waals surface area contributed by atoms with Crippen molar-refractivity contribution in [3.05, 3.63) is 77.1 Å². The van der Waals surface area contributed by atoms with Gasteiger partial charge in [-0.15, -0.1) is 11.8 Å². The third-order valence-corrected chi connectivity index (χ3v) is 12.0. The van der Waals surface area contributed by atoms with E-state index in [1.807, 2.05) is 42.7 Å². The van der Waals surface area contributed by atoms with E-state index >= 15 is 0 Å². The van der Waals surface area contributed by atoms with E-state index in [4.69, 9.17) is 21.4 Å². The Balaban J connectivity index is 1.16. The molecule has 15 heteroatoms. The summed E-state index contributed by atoms with van der Waals surface area (Å²) in [5.74, 6) is 0.528. The molecule has 1 aromatic heterocycles. The molecule has 2 fully saturated rings. The van der Waals surface area contributed by atoms with Crippen molar-refractivity contribution in [2.24, 2.45) is 0 Å². The van der Waals surface area contributed by atoms with Gasteiger partial charge in [-0.1, -0.05) is 29.8 Å². The van der Waals surface area contributed by atoms with Crippen molar-refractivity contribution < 1.29 is 43.5 Å². The Kier molecular flexibility index (Phi) is 14.6. The zero-order chi connectivity index (χ0) is 38.2. The highest BCUT2D eigenvalue weighted by molar-refractivity contribution is 7.99. The Bertz CT molecular complexity index is 1790. The molecule has 2 aliphatic carbocycles. The maximum absolute atomic E-state index is 13.1. The largest absolute Gasteiger partial charge is 0.490 e. The number of unbranched alkanes of at least 4 members (excludes halogenated alkanes) is 1. The van der Waals surface area contributed by atoms with E-state index in [9.17, 15) is 33.6 Å². The molecule has 0 bridgehead atoms. The average Bonchev–Trinajstić information content (AvgIpc) is 4.10. The highest BCUT2D eigenvalue weighted by Crippen LogP contribution is 2.50. The number of nitrogens with zero attached hydrogens (tertiary/aromatic N) is 2. The zero-order valence-corrected chi connectivity index (χ0v) is 32.2. The molecule has 2 aromatic carbocycles.